The molecule has 0 saturated carbocycles. The molecule has 1 aromatic rings. The van der Waals surface area contributed by atoms with Gasteiger partial charge in [-0.05, 0) is 38.8 Å². The minimum absolute atomic E-state index is 0.698. The van der Waals surface area contributed by atoms with E-state index in [9.17, 15) is 0 Å². The van der Waals surface area contributed by atoms with E-state index < -0.39 is 0 Å². The van der Waals surface area contributed by atoms with E-state index in [1.165, 1.54) is 11.1 Å². The highest BCUT2D eigenvalue weighted by molar-refractivity contribution is 5.31. The summed E-state index contributed by atoms with van der Waals surface area (Å²) in [5.41, 5.74) is 2.61. The fourth-order valence-electron chi connectivity index (χ4n) is 1.59. The summed E-state index contributed by atoms with van der Waals surface area (Å²) >= 11 is 0. The van der Waals surface area contributed by atoms with Crippen LogP contribution in [0.15, 0.2) is 4.42 Å². The van der Waals surface area contributed by atoms with E-state index in [1.807, 2.05) is 13.8 Å². The average Bonchev–Trinajstić information content (AvgIpc) is 2.31. The first kappa shape index (κ1) is 11.3. The van der Waals surface area contributed by atoms with Gasteiger partial charge in [0.2, 0.25) is 0 Å². The fourth-order valence-corrected chi connectivity index (χ4v) is 1.59. The van der Waals surface area contributed by atoms with Crippen LogP contribution < -0.4 is 5.32 Å². The highest BCUT2D eigenvalue weighted by Crippen LogP contribution is 2.20. The molecule has 0 unspecified atom stereocenters. The van der Waals surface area contributed by atoms with Gasteiger partial charge < -0.3 is 9.73 Å². The van der Waals surface area contributed by atoms with Gasteiger partial charge in [-0.1, -0.05) is 13.8 Å². The van der Waals surface area contributed by atoms with Crippen molar-refractivity contribution in [2.45, 2.75) is 41.2 Å². The van der Waals surface area contributed by atoms with Crippen molar-refractivity contribution in [1.29, 1.82) is 0 Å². The number of hydrogen-bond donors (Lipinski definition) is 1. The van der Waals surface area contributed by atoms with Crippen molar-refractivity contribution in [2.24, 2.45) is 5.92 Å². The van der Waals surface area contributed by atoms with Crippen molar-refractivity contribution < 1.29 is 4.42 Å². The second-order valence-corrected chi connectivity index (χ2v) is 4.34. The first-order chi connectivity index (χ1) is 6.52. The van der Waals surface area contributed by atoms with Crippen LogP contribution in [0.1, 0.15) is 36.5 Å². The quantitative estimate of drug-likeness (QED) is 0.799. The van der Waals surface area contributed by atoms with E-state index in [0.717, 1.165) is 24.6 Å². The first-order valence-electron chi connectivity index (χ1n) is 5.28. The smallest absolute Gasteiger partial charge is 0.105 e. The topological polar surface area (TPSA) is 25.2 Å². The molecule has 0 atom stereocenters. The second-order valence-electron chi connectivity index (χ2n) is 4.34. The Balaban J connectivity index is 2.58. The molecular weight excluding hydrogens is 174 g/mol. The van der Waals surface area contributed by atoms with Gasteiger partial charge in [0.25, 0.3) is 0 Å². The lowest BCUT2D eigenvalue weighted by Crippen LogP contribution is -2.19. The van der Waals surface area contributed by atoms with Crippen molar-refractivity contribution in [2.75, 3.05) is 6.54 Å². The van der Waals surface area contributed by atoms with Crippen LogP contribution in [0.2, 0.25) is 0 Å². The molecule has 0 aliphatic carbocycles. The molecule has 80 valence electrons. The van der Waals surface area contributed by atoms with Crippen LogP contribution in [0.4, 0.5) is 0 Å². The van der Waals surface area contributed by atoms with Crippen LogP contribution in [-0.2, 0) is 6.54 Å². The van der Waals surface area contributed by atoms with Gasteiger partial charge >= 0.3 is 0 Å². The number of nitrogens with one attached hydrogen (secondary N) is 1. The Hall–Kier alpha value is -0.760. The Labute approximate surface area is 86.7 Å². The third-order valence-corrected chi connectivity index (χ3v) is 2.57. The van der Waals surface area contributed by atoms with Crippen LogP contribution in [0, 0.1) is 26.7 Å². The summed E-state index contributed by atoms with van der Waals surface area (Å²) in [4.78, 5) is 0. The van der Waals surface area contributed by atoms with Gasteiger partial charge in [0.05, 0.1) is 0 Å². The lowest BCUT2D eigenvalue weighted by atomic mass is 10.1. The molecular formula is C12H21NO. The fraction of sp³-hybridized carbons (Fsp3) is 0.667. The van der Waals surface area contributed by atoms with E-state index in [1.54, 1.807) is 0 Å². The largest absolute Gasteiger partial charge is 0.466 e. The molecule has 0 bridgehead atoms. The van der Waals surface area contributed by atoms with Crippen molar-refractivity contribution in [3.63, 3.8) is 0 Å². The second kappa shape index (κ2) is 4.65. The van der Waals surface area contributed by atoms with Gasteiger partial charge in [0, 0.05) is 12.1 Å². The van der Waals surface area contributed by atoms with Gasteiger partial charge in [-0.2, -0.15) is 0 Å². The average molecular weight is 195 g/mol. The Bertz CT molecular complexity index is 300. The molecule has 0 amide bonds. The van der Waals surface area contributed by atoms with Crippen LogP contribution in [0.3, 0.4) is 0 Å². The Morgan fingerprint density at radius 1 is 1.14 bits per heavy atom. The molecule has 2 heteroatoms. The van der Waals surface area contributed by atoms with Crippen molar-refractivity contribution in [3.8, 4) is 0 Å². The molecule has 1 rings (SSSR count). The molecule has 2 nitrogen and oxygen atoms in total. The maximum atomic E-state index is 5.56. The molecule has 0 radical (unpaired) electrons. The lowest BCUT2D eigenvalue weighted by Gasteiger charge is -2.07. The zero-order valence-corrected chi connectivity index (χ0v) is 9.90. The highest BCUT2D eigenvalue weighted by Gasteiger charge is 2.10. The van der Waals surface area contributed by atoms with E-state index in [-0.39, 0.29) is 0 Å². The summed E-state index contributed by atoms with van der Waals surface area (Å²) in [6.45, 7) is 12.6. The third kappa shape index (κ3) is 2.61. The van der Waals surface area contributed by atoms with Crippen molar-refractivity contribution in [3.05, 3.63) is 22.6 Å². The zero-order valence-electron chi connectivity index (χ0n) is 9.90. The predicted octanol–water partition coefficient (Wildman–Crippen LogP) is 2.95. The maximum absolute atomic E-state index is 5.56. The summed E-state index contributed by atoms with van der Waals surface area (Å²) in [6.07, 6.45) is 0. The summed E-state index contributed by atoms with van der Waals surface area (Å²) < 4.78 is 5.56. The molecule has 1 heterocycles. The molecule has 14 heavy (non-hydrogen) atoms. The maximum Gasteiger partial charge on any atom is 0.105 e. The van der Waals surface area contributed by atoms with Gasteiger partial charge in [-0.15, -0.1) is 0 Å². The standard InChI is InChI=1S/C12H21NO/c1-8(2)6-13-7-12-9(3)10(4)14-11(12)5/h8,13H,6-7H2,1-5H3. The number of aryl methyl sites for hydroxylation is 2. The third-order valence-electron chi connectivity index (χ3n) is 2.57. The normalized spacial score (nSPS) is 11.3. The monoisotopic (exact) mass is 195 g/mol. The van der Waals surface area contributed by atoms with Crippen LogP contribution >= 0.6 is 0 Å². The van der Waals surface area contributed by atoms with E-state index >= 15 is 0 Å². The molecule has 0 aliphatic rings. The molecule has 1 N–H and O–H groups in total. The summed E-state index contributed by atoms with van der Waals surface area (Å²) in [6, 6.07) is 0. The SMILES string of the molecule is Cc1oc(C)c(CNCC(C)C)c1C. The van der Waals surface area contributed by atoms with E-state index in [2.05, 4.69) is 26.1 Å². The zero-order chi connectivity index (χ0) is 10.7. The number of rotatable bonds is 4. The Morgan fingerprint density at radius 2 is 1.79 bits per heavy atom. The Kier molecular flexibility index (Phi) is 3.76. The van der Waals surface area contributed by atoms with Crippen LogP contribution in [0.25, 0.3) is 0 Å². The number of furan rings is 1. The summed E-state index contributed by atoms with van der Waals surface area (Å²) in [5.74, 6) is 2.80. The lowest BCUT2D eigenvalue weighted by molar-refractivity contribution is 0.494. The van der Waals surface area contributed by atoms with E-state index in [0.29, 0.717) is 5.92 Å². The summed E-state index contributed by atoms with van der Waals surface area (Å²) in [7, 11) is 0. The minimum atomic E-state index is 0.698. The molecule has 1 aromatic heterocycles. The minimum Gasteiger partial charge on any atom is -0.466 e. The van der Waals surface area contributed by atoms with Gasteiger partial charge in [-0.3, -0.25) is 0 Å². The number of hydrogen-bond acceptors (Lipinski definition) is 2. The van der Waals surface area contributed by atoms with Crippen LogP contribution in [0.5, 0.6) is 0 Å². The van der Waals surface area contributed by atoms with Crippen LogP contribution in [-0.4, -0.2) is 6.54 Å². The Morgan fingerprint density at radius 3 is 2.21 bits per heavy atom. The molecule has 0 aromatic carbocycles. The molecule has 0 spiro atoms. The van der Waals surface area contributed by atoms with Crippen molar-refractivity contribution in [1.82, 2.24) is 5.32 Å². The molecule has 0 aliphatic heterocycles. The highest BCUT2D eigenvalue weighted by atomic mass is 16.3. The predicted molar refractivity (Wildman–Crippen MR) is 59.5 cm³/mol. The first-order valence-corrected chi connectivity index (χ1v) is 5.28. The van der Waals surface area contributed by atoms with E-state index in [4.69, 9.17) is 4.42 Å². The van der Waals surface area contributed by atoms with Gasteiger partial charge in [-0.25, -0.2) is 0 Å². The van der Waals surface area contributed by atoms with Gasteiger partial charge in [0.1, 0.15) is 11.5 Å². The summed E-state index contributed by atoms with van der Waals surface area (Å²) in [5, 5.41) is 3.44. The molecule has 0 saturated heterocycles. The van der Waals surface area contributed by atoms with Crippen molar-refractivity contribution >= 4 is 0 Å². The molecule has 0 fully saturated rings. The van der Waals surface area contributed by atoms with Gasteiger partial charge in [0.15, 0.2) is 0 Å².